The normalized spacial score (nSPS) is 11.3. The maximum atomic E-state index is 13.4. The molecule has 3 aromatic rings. The third-order valence-electron chi connectivity index (χ3n) is 4.91. The minimum atomic E-state index is -0.138. The second kappa shape index (κ2) is 8.00. The highest BCUT2D eigenvalue weighted by Crippen LogP contribution is 2.20. The Hall–Kier alpha value is -3.20. The summed E-state index contributed by atoms with van der Waals surface area (Å²) in [7, 11) is 0. The lowest BCUT2D eigenvalue weighted by atomic mass is 9.92. The van der Waals surface area contributed by atoms with Gasteiger partial charge in [-0.25, -0.2) is 0 Å². The monoisotopic (exact) mass is 357 g/mol. The summed E-state index contributed by atoms with van der Waals surface area (Å²) in [4.78, 5) is 19.0. The molecular formula is C24H23NO2. The van der Waals surface area contributed by atoms with Crippen LogP contribution in [-0.2, 0) is 0 Å². The molecule has 27 heavy (non-hydrogen) atoms. The lowest BCUT2D eigenvalue weighted by Gasteiger charge is -2.13. The number of carbonyl (C=O) groups is 1. The van der Waals surface area contributed by atoms with Crippen LogP contribution in [0.5, 0.6) is 5.75 Å². The summed E-state index contributed by atoms with van der Waals surface area (Å²) >= 11 is 0. The standard InChI is InChI=1S/C24H23NO2/c1-16-10-8-14-21(18(16)3)23(25-27-20-12-6-5-7-13-20)24(26)22-15-9-11-17(2)19(22)4/h5-15H,1-4H3. The molecule has 0 radical (unpaired) electrons. The van der Waals surface area contributed by atoms with Crippen molar-refractivity contribution in [3.63, 3.8) is 0 Å². The van der Waals surface area contributed by atoms with E-state index >= 15 is 0 Å². The van der Waals surface area contributed by atoms with Gasteiger partial charge in [0.1, 0.15) is 0 Å². The van der Waals surface area contributed by atoms with Gasteiger partial charge in [-0.1, -0.05) is 59.8 Å². The molecular weight excluding hydrogens is 334 g/mol. The van der Waals surface area contributed by atoms with Gasteiger partial charge in [-0.05, 0) is 62.1 Å². The van der Waals surface area contributed by atoms with E-state index in [1.165, 1.54) is 0 Å². The first-order chi connectivity index (χ1) is 13.0. The highest BCUT2D eigenvalue weighted by Gasteiger charge is 2.22. The van der Waals surface area contributed by atoms with Crippen LogP contribution in [0.3, 0.4) is 0 Å². The van der Waals surface area contributed by atoms with Gasteiger partial charge >= 0.3 is 0 Å². The number of benzene rings is 3. The van der Waals surface area contributed by atoms with Gasteiger partial charge in [-0.3, -0.25) is 4.79 Å². The number of Topliss-reactive ketones (excluding diaryl/α,β-unsaturated/α-hetero) is 1. The predicted octanol–water partition coefficient (Wildman–Crippen LogP) is 5.59. The highest BCUT2D eigenvalue weighted by molar-refractivity contribution is 6.51. The van der Waals surface area contributed by atoms with Gasteiger partial charge in [0, 0.05) is 11.1 Å². The summed E-state index contributed by atoms with van der Waals surface area (Å²) in [6.45, 7) is 7.98. The first-order valence-corrected chi connectivity index (χ1v) is 8.96. The highest BCUT2D eigenvalue weighted by atomic mass is 16.6. The van der Waals surface area contributed by atoms with Crippen LogP contribution in [0.15, 0.2) is 71.9 Å². The molecule has 3 rings (SSSR count). The number of rotatable bonds is 5. The van der Waals surface area contributed by atoms with E-state index in [0.717, 1.165) is 27.8 Å². The molecule has 0 atom stereocenters. The Morgan fingerprint density at radius 2 is 1.26 bits per heavy atom. The maximum absolute atomic E-state index is 13.4. The van der Waals surface area contributed by atoms with Gasteiger partial charge in [0.25, 0.3) is 0 Å². The van der Waals surface area contributed by atoms with Crippen LogP contribution in [0.1, 0.15) is 38.2 Å². The van der Waals surface area contributed by atoms with E-state index in [1.54, 1.807) is 0 Å². The Morgan fingerprint density at radius 3 is 1.89 bits per heavy atom. The van der Waals surface area contributed by atoms with Crippen LogP contribution < -0.4 is 4.84 Å². The first kappa shape index (κ1) is 18.6. The average molecular weight is 357 g/mol. The molecule has 0 saturated carbocycles. The van der Waals surface area contributed by atoms with Gasteiger partial charge in [-0.2, -0.15) is 0 Å². The second-order valence-electron chi connectivity index (χ2n) is 6.67. The average Bonchev–Trinajstić information content (AvgIpc) is 2.68. The van der Waals surface area contributed by atoms with Gasteiger partial charge in [0.2, 0.25) is 5.78 Å². The van der Waals surface area contributed by atoms with E-state index in [1.807, 2.05) is 94.4 Å². The summed E-state index contributed by atoms with van der Waals surface area (Å²) in [5.41, 5.74) is 5.91. The van der Waals surface area contributed by atoms with E-state index in [9.17, 15) is 4.79 Å². The molecule has 0 aliphatic rings. The molecule has 3 heteroatoms. The van der Waals surface area contributed by atoms with Gasteiger partial charge in [0.15, 0.2) is 11.5 Å². The molecule has 0 aromatic heterocycles. The van der Waals surface area contributed by atoms with Crippen molar-refractivity contribution in [2.45, 2.75) is 27.7 Å². The molecule has 0 saturated heterocycles. The number of carbonyl (C=O) groups excluding carboxylic acids is 1. The van der Waals surface area contributed by atoms with E-state index in [-0.39, 0.29) is 5.78 Å². The topological polar surface area (TPSA) is 38.7 Å². The lowest BCUT2D eigenvalue weighted by molar-refractivity contribution is 0.106. The minimum Gasteiger partial charge on any atom is -0.356 e. The van der Waals surface area contributed by atoms with Crippen molar-refractivity contribution < 1.29 is 9.63 Å². The number of nitrogens with zero attached hydrogens (tertiary/aromatic N) is 1. The molecule has 0 N–H and O–H groups in total. The van der Waals surface area contributed by atoms with Crippen LogP contribution in [0, 0.1) is 27.7 Å². The van der Waals surface area contributed by atoms with Gasteiger partial charge < -0.3 is 4.84 Å². The zero-order valence-electron chi connectivity index (χ0n) is 16.1. The molecule has 0 spiro atoms. The van der Waals surface area contributed by atoms with E-state index in [2.05, 4.69) is 5.16 Å². The second-order valence-corrected chi connectivity index (χ2v) is 6.67. The van der Waals surface area contributed by atoms with Crippen LogP contribution in [0.2, 0.25) is 0 Å². The Kier molecular flexibility index (Phi) is 5.51. The van der Waals surface area contributed by atoms with Gasteiger partial charge in [-0.15, -0.1) is 0 Å². The molecule has 0 bridgehead atoms. The van der Waals surface area contributed by atoms with Crippen molar-refractivity contribution in [1.82, 2.24) is 0 Å². The molecule has 3 aromatic carbocycles. The van der Waals surface area contributed by atoms with Crippen molar-refractivity contribution >= 4 is 11.5 Å². The number of ketones is 1. The fourth-order valence-electron chi connectivity index (χ4n) is 2.92. The fourth-order valence-corrected chi connectivity index (χ4v) is 2.92. The number of para-hydroxylation sites is 1. The Bertz CT molecular complexity index is 1000. The SMILES string of the molecule is Cc1cccc(C(=O)C(=NOc2ccccc2)c2cccc(C)c2C)c1C. The molecule has 0 amide bonds. The van der Waals surface area contributed by atoms with Crippen molar-refractivity contribution in [1.29, 1.82) is 0 Å². The third kappa shape index (κ3) is 3.98. The van der Waals surface area contributed by atoms with Crippen molar-refractivity contribution in [2.75, 3.05) is 0 Å². The molecule has 0 aliphatic heterocycles. The lowest BCUT2D eigenvalue weighted by Crippen LogP contribution is -2.20. The first-order valence-electron chi connectivity index (χ1n) is 8.96. The van der Waals surface area contributed by atoms with E-state index < -0.39 is 0 Å². The number of hydrogen-bond acceptors (Lipinski definition) is 3. The van der Waals surface area contributed by atoms with Crippen molar-refractivity contribution in [2.24, 2.45) is 5.16 Å². The van der Waals surface area contributed by atoms with Crippen LogP contribution in [-0.4, -0.2) is 11.5 Å². The largest absolute Gasteiger partial charge is 0.356 e. The predicted molar refractivity (Wildman–Crippen MR) is 110 cm³/mol. The summed E-state index contributed by atoms with van der Waals surface area (Å²) in [6, 6.07) is 20.9. The molecule has 136 valence electrons. The smallest absolute Gasteiger partial charge is 0.215 e. The van der Waals surface area contributed by atoms with Crippen molar-refractivity contribution in [3.8, 4) is 5.75 Å². The Morgan fingerprint density at radius 1 is 0.704 bits per heavy atom. The quantitative estimate of drug-likeness (QED) is 0.339. The molecule has 0 heterocycles. The number of aryl methyl sites for hydroxylation is 2. The Labute approximate surface area is 160 Å². The van der Waals surface area contributed by atoms with E-state index in [0.29, 0.717) is 17.0 Å². The van der Waals surface area contributed by atoms with Crippen LogP contribution >= 0.6 is 0 Å². The summed E-state index contributed by atoms with van der Waals surface area (Å²) in [5, 5.41) is 4.28. The molecule has 0 aliphatic carbocycles. The van der Waals surface area contributed by atoms with Crippen molar-refractivity contribution in [3.05, 3.63) is 100 Å². The summed E-state index contributed by atoms with van der Waals surface area (Å²) < 4.78 is 0. The van der Waals surface area contributed by atoms with Crippen LogP contribution in [0.4, 0.5) is 0 Å². The zero-order chi connectivity index (χ0) is 19.4. The fraction of sp³-hybridized carbons (Fsp3) is 0.167. The summed E-state index contributed by atoms with van der Waals surface area (Å²) in [6.07, 6.45) is 0. The number of oxime groups is 1. The molecule has 3 nitrogen and oxygen atoms in total. The summed E-state index contributed by atoms with van der Waals surface area (Å²) in [5.74, 6) is 0.454. The maximum Gasteiger partial charge on any atom is 0.215 e. The minimum absolute atomic E-state index is 0.138. The molecule has 0 fully saturated rings. The van der Waals surface area contributed by atoms with Crippen LogP contribution in [0.25, 0.3) is 0 Å². The Balaban J connectivity index is 2.11. The van der Waals surface area contributed by atoms with Gasteiger partial charge in [0.05, 0.1) is 0 Å². The zero-order valence-corrected chi connectivity index (χ0v) is 16.1. The molecule has 0 unspecified atom stereocenters. The van der Waals surface area contributed by atoms with E-state index in [4.69, 9.17) is 4.84 Å². The number of hydrogen-bond donors (Lipinski definition) is 0. The third-order valence-corrected chi connectivity index (χ3v) is 4.91.